The van der Waals surface area contributed by atoms with Crippen LogP contribution in [0.4, 0.5) is 0 Å². The summed E-state index contributed by atoms with van der Waals surface area (Å²) in [7, 11) is 1.48. The lowest BCUT2D eigenvalue weighted by Gasteiger charge is -2.39. The third-order valence-electron chi connectivity index (χ3n) is 6.48. The molecule has 0 saturated carbocycles. The molecule has 4 rings (SSSR count). The highest BCUT2D eigenvalue weighted by Crippen LogP contribution is 2.47. The fraction of sp³-hybridized carbons (Fsp3) is 0.520. The van der Waals surface area contributed by atoms with Crippen molar-refractivity contribution >= 4 is 0 Å². The Morgan fingerprint density at radius 1 is 0.941 bits per heavy atom. The highest BCUT2D eigenvalue weighted by atomic mass is 16.7. The second kappa shape index (κ2) is 10.5. The highest BCUT2D eigenvalue weighted by molar-refractivity contribution is 5.49. The quantitative estimate of drug-likeness (QED) is 0.378. The maximum Gasteiger partial charge on any atom is 0.229 e. The zero-order valence-corrected chi connectivity index (χ0v) is 19.2. The van der Waals surface area contributed by atoms with Gasteiger partial charge in [-0.25, -0.2) is 0 Å². The second-order valence-electron chi connectivity index (χ2n) is 8.74. The van der Waals surface area contributed by atoms with Gasteiger partial charge < -0.3 is 44.5 Å². The van der Waals surface area contributed by atoms with Gasteiger partial charge in [-0.05, 0) is 49.1 Å². The summed E-state index contributed by atoms with van der Waals surface area (Å²) in [5.74, 6) is 1.08. The topological polar surface area (TPSA) is 138 Å². The van der Waals surface area contributed by atoms with Crippen LogP contribution in [0.15, 0.2) is 36.4 Å². The first-order chi connectivity index (χ1) is 16.4. The molecule has 34 heavy (non-hydrogen) atoms. The van der Waals surface area contributed by atoms with Crippen LogP contribution in [-0.4, -0.2) is 76.6 Å². The molecule has 2 heterocycles. The summed E-state index contributed by atoms with van der Waals surface area (Å²) < 4.78 is 23.0. The van der Waals surface area contributed by atoms with Gasteiger partial charge in [0.1, 0.15) is 30.2 Å². The maximum atomic E-state index is 10.3. The fourth-order valence-electron chi connectivity index (χ4n) is 4.50. The van der Waals surface area contributed by atoms with Crippen LogP contribution in [-0.2, 0) is 11.2 Å². The number of fused-ring (bicyclic) bond motifs is 1. The van der Waals surface area contributed by atoms with E-state index in [1.54, 1.807) is 25.1 Å². The van der Waals surface area contributed by atoms with Gasteiger partial charge in [-0.1, -0.05) is 18.2 Å². The number of aliphatic hydroxyl groups is 5. The van der Waals surface area contributed by atoms with Gasteiger partial charge in [0.15, 0.2) is 11.5 Å². The van der Waals surface area contributed by atoms with Gasteiger partial charge in [0.25, 0.3) is 0 Å². The van der Waals surface area contributed by atoms with Crippen LogP contribution in [0.25, 0.3) is 0 Å². The van der Waals surface area contributed by atoms with Crippen LogP contribution in [0.5, 0.6) is 17.2 Å². The van der Waals surface area contributed by atoms with E-state index in [0.717, 1.165) is 23.1 Å². The van der Waals surface area contributed by atoms with Gasteiger partial charge >= 0.3 is 0 Å². The SMILES string of the molecule is COc1cc(C2Oc3ccc(CCCO)cc3C2CO)ccc1OC1OC(C)C(O)C(O)C1O. The molecule has 7 atom stereocenters. The molecule has 2 aromatic rings. The van der Waals surface area contributed by atoms with E-state index in [-0.39, 0.29) is 24.9 Å². The lowest BCUT2D eigenvalue weighted by molar-refractivity contribution is -0.268. The number of ether oxygens (including phenoxy) is 4. The molecule has 0 radical (unpaired) electrons. The van der Waals surface area contributed by atoms with Gasteiger partial charge in [-0.2, -0.15) is 0 Å². The molecule has 5 N–H and O–H groups in total. The van der Waals surface area contributed by atoms with E-state index in [9.17, 15) is 20.4 Å². The minimum Gasteiger partial charge on any atom is -0.493 e. The zero-order valence-electron chi connectivity index (χ0n) is 19.2. The highest BCUT2D eigenvalue weighted by Gasteiger charge is 2.43. The van der Waals surface area contributed by atoms with E-state index in [0.29, 0.717) is 17.9 Å². The van der Waals surface area contributed by atoms with Crippen molar-refractivity contribution in [3.8, 4) is 17.2 Å². The van der Waals surface area contributed by atoms with Crippen molar-refractivity contribution in [3.63, 3.8) is 0 Å². The molecule has 2 aliphatic rings. The van der Waals surface area contributed by atoms with E-state index in [1.165, 1.54) is 7.11 Å². The third-order valence-corrected chi connectivity index (χ3v) is 6.48. The van der Waals surface area contributed by atoms with Gasteiger partial charge in [-0.15, -0.1) is 0 Å². The number of methoxy groups -OCH3 is 1. The Morgan fingerprint density at radius 3 is 2.44 bits per heavy atom. The molecular weight excluding hydrogens is 444 g/mol. The molecule has 9 nitrogen and oxygen atoms in total. The van der Waals surface area contributed by atoms with Crippen LogP contribution in [0, 0.1) is 0 Å². The predicted octanol–water partition coefficient (Wildman–Crippen LogP) is 1.04. The predicted molar refractivity (Wildman–Crippen MR) is 121 cm³/mol. The monoisotopic (exact) mass is 476 g/mol. The molecule has 0 aromatic heterocycles. The molecule has 0 aliphatic carbocycles. The van der Waals surface area contributed by atoms with Crippen LogP contribution >= 0.6 is 0 Å². The molecule has 0 spiro atoms. The van der Waals surface area contributed by atoms with Crippen LogP contribution in [0.1, 0.15) is 42.1 Å². The Morgan fingerprint density at radius 2 is 1.74 bits per heavy atom. The van der Waals surface area contributed by atoms with Gasteiger partial charge in [0.05, 0.1) is 25.7 Å². The number of rotatable bonds is 8. The van der Waals surface area contributed by atoms with E-state index in [2.05, 4.69) is 0 Å². The molecular formula is C25H32O9. The number of benzene rings is 2. The summed E-state index contributed by atoms with van der Waals surface area (Å²) in [6.45, 7) is 1.59. The van der Waals surface area contributed by atoms with E-state index in [4.69, 9.17) is 24.1 Å². The molecule has 7 unspecified atom stereocenters. The summed E-state index contributed by atoms with van der Waals surface area (Å²) in [6, 6.07) is 11.1. The molecule has 2 aromatic carbocycles. The average Bonchev–Trinajstić information content (AvgIpc) is 3.22. The normalized spacial score (nSPS) is 30.5. The van der Waals surface area contributed by atoms with Crippen molar-refractivity contribution in [3.05, 3.63) is 53.1 Å². The van der Waals surface area contributed by atoms with Crippen molar-refractivity contribution in [2.24, 2.45) is 0 Å². The zero-order chi connectivity index (χ0) is 24.4. The number of aliphatic hydroxyl groups excluding tert-OH is 5. The Kier molecular flexibility index (Phi) is 7.61. The standard InChI is InChI=1S/C25H32O9/c1-13-21(28)22(29)23(30)25(32-13)34-19-8-6-15(11-20(19)31-2)24-17(12-27)16-10-14(4-3-9-26)5-7-18(16)33-24/h5-8,10-11,13,17,21-30H,3-4,9,12H2,1-2H3. The molecule has 0 bridgehead atoms. The van der Waals surface area contributed by atoms with Crippen molar-refractivity contribution in [1.82, 2.24) is 0 Å². The Hall–Kier alpha value is -2.40. The molecule has 2 aliphatic heterocycles. The van der Waals surface area contributed by atoms with E-state index < -0.39 is 36.8 Å². The first kappa shape index (κ1) is 24.7. The summed E-state index contributed by atoms with van der Waals surface area (Å²) in [6.07, 6.45) is -5.02. The third kappa shape index (κ3) is 4.72. The van der Waals surface area contributed by atoms with Crippen molar-refractivity contribution < 1.29 is 44.5 Å². The lowest BCUT2D eigenvalue weighted by atomic mass is 9.90. The Bertz CT molecular complexity index is 981. The first-order valence-corrected chi connectivity index (χ1v) is 11.4. The minimum atomic E-state index is -1.44. The van der Waals surface area contributed by atoms with Crippen LogP contribution in [0.2, 0.25) is 0 Å². The summed E-state index contributed by atoms with van der Waals surface area (Å²) >= 11 is 0. The summed E-state index contributed by atoms with van der Waals surface area (Å²) in [5, 5.41) is 49.4. The Labute approximate surface area is 198 Å². The number of hydrogen-bond donors (Lipinski definition) is 5. The first-order valence-electron chi connectivity index (χ1n) is 11.4. The lowest BCUT2D eigenvalue weighted by Crippen LogP contribution is -2.58. The van der Waals surface area contributed by atoms with E-state index >= 15 is 0 Å². The summed E-state index contributed by atoms with van der Waals surface area (Å²) in [4.78, 5) is 0. The second-order valence-corrected chi connectivity index (χ2v) is 8.74. The average molecular weight is 477 g/mol. The molecule has 186 valence electrons. The largest absolute Gasteiger partial charge is 0.493 e. The van der Waals surface area contributed by atoms with Crippen molar-refractivity contribution in [1.29, 1.82) is 0 Å². The number of aryl methyl sites for hydroxylation is 1. The Balaban J connectivity index is 1.55. The number of hydrogen-bond acceptors (Lipinski definition) is 9. The van der Waals surface area contributed by atoms with Crippen molar-refractivity contribution in [2.75, 3.05) is 20.3 Å². The minimum absolute atomic E-state index is 0.109. The molecule has 9 heteroatoms. The van der Waals surface area contributed by atoms with Crippen LogP contribution in [0.3, 0.4) is 0 Å². The van der Waals surface area contributed by atoms with Crippen LogP contribution < -0.4 is 14.2 Å². The molecule has 1 saturated heterocycles. The maximum absolute atomic E-state index is 10.3. The van der Waals surface area contributed by atoms with Gasteiger partial charge in [0, 0.05) is 12.2 Å². The van der Waals surface area contributed by atoms with Gasteiger partial charge in [0.2, 0.25) is 6.29 Å². The molecule has 1 fully saturated rings. The molecule has 0 amide bonds. The summed E-state index contributed by atoms with van der Waals surface area (Å²) in [5.41, 5.74) is 2.76. The van der Waals surface area contributed by atoms with Gasteiger partial charge in [-0.3, -0.25) is 0 Å². The van der Waals surface area contributed by atoms with E-state index in [1.807, 2.05) is 18.2 Å². The fourth-order valence-corrected chi connectivity index (χ4v) is 4.50. The van der Waals surface area contributed by atoms with Crippen molar-refractivity contribution in [2.45, 2.75) is 62.5 Å². The smallest absolute Gasteiger partial charge is 0.229 e.